The lowest BCUT2D eigenvalue weighted by atomic mass is 10.0. The Balaban J connectivity index is 2.70. The van der Waals surface area contributed by atoms with Crippen molar-refractivity contribution in [3.63, 3.8) is 0 Å². The van der Waals surface area contributed by atoms with Crippen molar-refractivity contribution in [2.45, 2.75) is 0 Å². The number of nitrogens with zero attached hydrogens (tertiary/aromatic N) is 1. The molecule has 0 saturated heterocycles. The quantitative estimate of drug-likeness (QED) is 0.280. The number of hydrogen-bond donors (Lipinski definition) is 0. The molecule has 22 heavy (non-hydrogen) atoms. The van der Waals surface area contributed by atoms with Crippen LogP contribution in [0.25, 0.3) is 11.1 Å². The van der Waals surface area contributed by atoms with Gasteiger partial charge in [0.1, 0.15) is 0 Å². The molecule has 0 aliphatic carbocycles. The van der Waals surface area contributed by atoms with E-state index in [1.54, 1.807) is 0 Å². The highest BCUT2D eigenvalue weighted by Gasteiger charge is 2.28. The number of hydrogen-bond acceptors (Lipinski definition) is 3. The van der Waals surface area contributed by atoms with Crippen LogP contribution in [0.1, 0.15) is 10.5 Å². The molecule has 9 heteroatoms. The fourth-order valence-electron chi connectivity index (χ4n) is 1.68. The summed E-state index contributed by atoms with van der Waals surface area (Å²) >= 11 is 0. The lowest BCUT2D eigenvalue weighted by molar-refractivity contribution is 0.0592. The van der Waals surface area contributed by atoms with E-state index < -0.39 is 57.8 Å². The van der Waals surface area contributed by atoms with Gasteiger partial charge in [0.2, 0.25) is 11.8 Å². The molecule has 0 fully saturated rings. The van der Waals surface area contributed by atoms with Gasteiger partial charge in [-0.1, -0.05) is 0 Å². The Labute approximate surface area is 119 Å². The van der Waals surface area contributed by atoms with Crippen LogP contribution in [0.15, 0.2) is 12.1 Å². The minimum absolute atomic E-state index is 0.535. The van der Waals surface area contributed by atoms with Crippen molar-refractivity contribution in [1.29, 1.82) is 0 Å². The molecule has 0 unspecified atom stereocenters. The van der Waals surface area contributed by atoms with Gasteiger partial charge in [0.25, 0.3) is 0 Å². The van der Waals surface area contributed by atoms with Gasteiger partial charge in [-0.15, -0.1) is 0 Å². The molecule has 0 bridgehead atoms. The van der Waals surface area contributed by atoms with E-state index in [1.165, 1.54) is 0 Å². The summed E-state index contributed by atoms with van der Waals surface area (Å²) < 4.78 is 84.3. The van der Waals surface area contributed by atoms with Crippen LogP contribution in [0.2, 0.25) is 0 Å². The molecule has 0 saturated carbocycles. The number of carbonyl (C=O) groups excluding carboxylic acids is 1. The second kappa shape index (κ2) is 5.66. The van der Waals surface area contributed by atoms with E-state index in [2.05, 4.69) is 9.72 Å². The zero-order chi connectivity index (χ0) is 16.6. The highest BCUT2D eigenvalue weighted by molar-refractivity contribution is 5.87. The zero-order valence-corrected chi connectivity index (χ0v) is 10.7. The van der Waals surface area contributed by atoms with Crippen LogP contribution < -0.4 is 0 Å². The van der Waals surface area contributed by atoms with Gasteiger partial charge in [-0.25, -0.2) is 31.7 Å². The van der Waals surface area contributed by atoms with Gasteiger partial charge < -0.3 is 4.74 Å². The van der Waals surface area contributed by atoms with E-state index in [0.717, 1.165) is 13.2 Å². The number of rotatable bonds is 2. The summed E-state index contributed by atoms with van der Waals surface area (Å²) in [6, 6.07) is 1.48. The first kappa shape index (κ1) is 15.8. The summed E-state index contributed by atoms with van der Waals surface area (Å²) in [5.41, 5.74) is -2.99. The number of methoxy groups -OCH3 is 1. The lowest BCUT2D eigenvalue weighted by Crippen LogP contribution is -2.08. The molecule has 0 atom stereocenters. The molecule has 2 rings (SSSR count). The second-order valence-corrected chi connectivity index (χ2v) is 3.97. The normalized spacial score (nSPS) is 10.7. The van der Waals surface area contributed by atoms with Gasteiger partial charge in [0.15, 0.2) is 29.0 Å². The molecule has 0 aliphatic rings. The molecule has 1 aromatic heterocycles. The van der Waals surface area contributed by atoms with Crippen molar-refractivity contribution in [2.24, 2.45) is 0 Å². The highest BCUT2D eigenvalue weighted by atomic mass is 19.2. The highest BCUT2D eigenvalue weighted by Crippen LogP contribution is 2.32. The zero-order valence-electron chi connectivity index (χ0n) is 10.7. The van der Waals surface area contributed by atoms with Gasteiger partial charge in [0, 0.05) is 5.56 Å². The van der Waals surface area contributed by atoms with Crippen LogP contribution in [-0.2, 0) is 4.74 Å². The Morgan fingerprint density at radius 1 is 0.909 bits per heavy atom. The van der Waals surface area contributed by atoms with Crippen LogP contribution in [0.3, 0.4) is 0 Å². The second-order valence-electron chi connectivity index (χ2n) is 3.97. The molecule has 0 radical (unpaired) electrons. The monoisotopic (exact) mass is 321 g/mol. The average Bonchev–Trinajstić information content (AvgIpc) is 2.51. The molecule has 0 N–H and O–H groups in total. The molecule has 0 spiro atoms. The minimum atomic E-state index is -2.36. The van der Waals surface area contributed by atoms with Gasteiger partial charge in [-0.3, -0.25) is 0 Å². The van der Waals surface area contributed by atoms with Crippen LogP contribution in [0.5, 0.6) is 0 Å². The number of carbonyl (C=O) groups is 1. The van der Waals surface area contributed by atoms with Crippen molar-refractivity contribution in [3.05, 3.63) is 52.9 Å². The van der Waals surface area contributed by atoms with E-state index in [0.29, 0.717) is 6.07 Å². The molecule has 1 heterocycles. The molecular formula is C13H5F6NO2. The third-order valence-electron chi connectivity index (χ3n) is 2.72. The Morgan fingerprint density at radius 2 is 1.41 bits per heavy atom. The Morgan fingerprint density at radius 3 is 1.86 bits per heavy atom. The van der Waals surface area contributed by atoms with Crippen LogP contribution >= 0.6 is 0 Å². The third-order valence-corrected chi connectivity index (χ3v) is 2.72. The Kier molecular flexibility index (Phi) is 4.07. The summed E-state index contributed by atoms with van der Waals surface area (Å²) in [5, 5.41) is 0. The maximum absolute atomic E-state index is 13.8. The number of halogens is 6. The first-order valence-corrected chi connectivity index (χ1v) is 5.56. The van der Waals surface area contributed by atoms with Crippen molar-refractivity contribution in [3.8, 4) is 11.1 Å². The average molecular weight is 321 g/mol. The van der Waals surface area contributed by atoms with E-state index in [4.69, 9.17) is 0 Å². The Bertz CT molecular complexity index is 749. The molecular weight excluding hydrogens is 316 g/mol. The maximum atomic E-state index is 13.8. The van der Waals surface area contributed by atoms with E-state index in [-0.39, 0.29) is 0 Å². The fourth-order valence-corrected chi connectivity index (χ4v) is 1.68. The number of ether oxygens (including phenoxy) is 1. The third kappa shape index (κ3) is 2.38. The van der Waals surface area contributed by atoms with E-state index >= 15 is 0 Å². The van der Waals surface area contributed by atoms with Crippen molar-refractivity contribution >= 4 is 5.97 Å². The maximum Gasteiger partial charge on any atom is 0.356 e. The molecule has 0 amide bonds. The standard InChI is InChI=1S/C13H5F6NO2/c1-22-13(21)5-3-2-4(12(19)20-5)6-7(14)9(16)11(18)10(17)8(6)15/h2-3H,1H3. The van der Waals surface area contributed by atoms with Crippen molar-refractivity contribution in [1.82, 2.24) is 4.98 Å². The summed E-state index contributed by atoms with van der Waals surface area (Å²) in [4.78, 5) is 14.2. The predicted molar refractivity (Wildman–Crippen MR) is 60.8 cm³/mol. The SMILES string of the molecule is COC(=O)c1ccc(-c2c(F)c(F)c(F)c(F)c2F)c(F)n1. The first-order valence-electron chi connectivity index (χ1n) is 5.56. The smallest absolute Gasteiger partial charge is 0.356 e. The number of benzene rings is 1. The van der Waals surface area contributed by atoms with Gasteiger partial charge in [-0.05, 0) is 12.1 Å². The summed E-state index contributed by atoms with van der Waals surface area (Å²) in [6.07, 6.45) is 0. The van der Waals surface area contributed by atoms with Crippen LogP contribution in [0.4, 0.5) is 26.3 Å². The molecule has 2 aromatic rings. The van der Waals surface area contributed by atoms with E-state index in [9.17, 15) is 31.1 Å². The van der Waals surface area contributed by atoms with Gasteiger partial charge in [-0.2, -0.15) is 4.39 Å². The van der Waals surface area contributed by atoms with Gasteiger partial charge in [0.05, 0.1) is 12.7 Å². The summed E-state index contributed by atoms with van der Waals surface area (Å²) in [7, 11) is 0.986. The topological polar surface area (TPSA) is 39.2 Å². The molecule has 0 aliphatic heterocycles. The fraction of sp³-hybridized carbons (Fsp3) is 0.0769. The first-order chi connectivity index (χ1) is 10.3. The van der Waals surface area contributed by atoms with Crippen molar-refractivity contribution < 1.29 is 35.9 Å². The lowest BCUT2D eigenvalue weighted by Gasteiger charge is -2.09. The van der Waals surface area contributed by atoms with E-state index in [1.807, 2.05) is 0 Å². The van der Waals surface area contributed by atoms with Crippen LogP contribution in [-0.4, -0.2) is 18.1 Å². The molecule has 3 nitrogen and oxygen atoms in total. The minimum Gasteiger partial charge on any atom is -0.464 e. The molecule has 116 valence electrons. The summed E-state index contributed by atoms with van der Waals surface area (Å²) in [5.74, 6) is -13.8. The number of aromatic nitrogens is 1. The largest absolute Gasteiger partial charge is 0.464 e. The molecule has 1 aromatic carbocycles. The number of esters is 1. The Hall–Kier alpha value is -2.58. The number of pyridine rings is 1. The van der Waals surface area contributed by atoms with Crippen LogP contribution in [0, 0.1) is 35.0 Å². The predicted octanol–water partition coefficient (Wildman–Crippen LogP) is 3.37. The van der Waals surface area contributed by atoms with Crippen molar-refractivity contribution in [2.75, 3.05) is 7.11 Å². The van der Waals surface area contributed by atoms with Gasteiger partial charge >= 0.3 is 5.97 Å². The summed E-state index contributed by atoms with van der Waals surface area (Å²) in [6.45, 7) is 0.